The van der Waals surface area contributed by atoms with Gasteiger partial charge in [0.25, 0.3) is 0 Å². The fourth-order valence-corrected chi connectivity index (χ4v) is 2.93. The maximum atomic E-state index is 12.8. The molecule has 1 amide bonds. The zero-order valence-electron chi connectivity index (χ0n) is 13.1. The smallest absolute Gasteiger partial charge is 0.359 e. The van der Waals surface area contributed by atoms with E-state index in [0.717, 1.165) is 30.8 Å². The second-order valence-corrected chi connectivity index (χ2v) is 5.82. The first-order valence-electron chi connectivity index (χ1n) is 7.69. The van der Waals surface area contributed by atoms with Crippen LogP contribution >= 0.6 is 0 Å². The number of hydrogen-bond donors (Lipinski definition) is 1. The Morgan fingerprint density at radius 2 is 1.92 bits per heavy atom. The van der Waals surface area contributed by atoms with Crippen molar-refractivity contribution in [2.45, 2.75) is 25.6 Å². The first kappa shape index (κ1) is 16.4. The molecule has 3 rings (SSSR count). The Kier molecular flexibility index (Phi) is 4.22. The van der Waals surface area contributed by atoms with Crippen LogP contribution in [0, 0.1) is 0 Å². The molecule has 24 heavy (non-hydrogen) atoms. The third-order valence-electron chi connectivity index (χ3n) is 4.23. The van der Waals surface area contributed by atoms with Crippen LogP contribution in [0.5, 0.6) is 0 Å². The number of nitrogens with zero attached hydrogens (tertiary/aromatic N) is 1. The van der Waals surface area contributed by atoms with Crippen molar-refractivity contribution in [3.63, 3.8) is 0 Å². The molecule has 1 aliphatic heterocycles. The molecule has 126 valence electrons. The summed E-state index contributed by atoms with van der Waals surface area (Å²) in [7, 11) is 0. The highest BCUT2D eigenvalue weighted by Crippen LogP contribution is 2.31. The Bertz CT molecular complexity index is 758. The molecular weight excluding hydrogens is 317 g/mol. The summed E-state index contributed by atoms with van der Waals surface area (Å²) >= 11 is 0. The molecule has 1 N–H and O–H groups in total. The summed E-state index contributed by atoms with van der Waals surface area (Å²) in [6.45, 7) is 2.47. The Hall–Kier alpha value is -2.50. The second kappa shape index (κ2) is 6.19. The Morgan fingerprint density at radius 1 is 1.17 bits per heavy atom. The molecule has 3 nitrogen and oxygen atoms in total. The maximum Gasteiger partial charge on any atom is 0.416 e. The number of para-hydroxylation sites is 1. The van der Waals surface area contributed by atoms with Gasteiger partial charge in [0.15, 0.2) is 0 Å². The first-order chi connectivity index (χ1) is 11.4. The van der Waals surface area contributed by atoms with E-state index in [4.69, 9.17) is 0 Å². The van der Waals surface area contributed by atoms with Crippen LogP contribution in [-0.4, -0.2) is 18.5 Å². The van der Waals surface area contributed by atoms with Crippen molar-refractivity contribution in [3.8, 4) is 0 Å². The van der Waals surface area contributed by atoms with Gasteiger partial charge in [0.1, 0.15) is 6.04 Å². The molecule has 2 aromatic carbocycles. The van der Waals surface area contributed by atoms with Gasteiger partial charge >= 0.3 is 6.18 Å². The number of rotatable bonds is 3. The third kappa shape index (κ3) is 3.22. The van der Waals surface area contributed by atoms with Crippen molar-refractivity contribution in [3.05, 3.63) is 59.7 Å². The van der Waals surface area contributed by atoms with E-state index < -0.39 is 17.8 Å². The summed E-state index contributed by atoms with van der Waals surface area (Å²) in [4.78, 5) is 14.4. The number of alkyl halides is 3. The number of hydrogen-bond acceptors (Lipinski definition) is 2. The molecule has 0 bridgehead atoms. The van der Waals surface area contributed by atoms with Gasteiger partial charge in [-0.3, -0.25) is 4.79 Å². The third-order valence-corrected chi connectivity index (χ3v) is 4.23. The Balaban J connectivity index is 1.74. The number of anilines is 2. The van der Waals surface area contributed by atoms with E-state index in [1.807, 2.05) is 29.2 Å². The molecule has 0 unspecified atom stereocenters. The van der Waals surface area contributed by atoms with Crippen LogP contribution in [0.25, 0.3) is 0 Å². The predicted octanol–water partition coefficient (Wildman–Crippen LogP) is 4.10. The van der Waals surface area contributed by atoms with E-state index in [1.165, 1.54) is 17.7 Å². The van der Waals surface area contributed by atoms with Crippen molar-refractivity contribution in [2.24, 2.45) is 0 Å². The van der Waals surface area contributed by atoms with Crippen molar-refractivity contribution >= 4 is 17.3 Å². The fraction of sp³-hybridized carbons (Fsp3) is 0.278. The maximum absolute atomic E-state index is 12.8. The molecule has 0 aromatic heterocycles. The number of amides is 1. The van der Waals surface area contributed by atoms with E-state index in [1.54, 1.807) is 6.92 Å². The lowest BCUT2D eigenvalue weighted by Gasteiger charge is -2.26. The number of fused-ring (bicyclic) bond motifs is 1. The topological polar surface area (TPSA) is 32.3 Å². The molecule has 0 saturated heterocycles. The zero-order chi connectivity index (χ0) is 17.3. The minimum absolute atomic E-state index is 0.147. The Labute approximate surface area is 138 Å². The van der Waals surface area contributed by atoms with Crippen LogP contribution in [0.2, 0.25) is 0 Å². The first-order valence-corrected chi connectivity index (χ1v) is 7.69. The SMILES string of the molecule is C[C@@H](C(=O)Nc1cccc(C(F)(F)F)c1)N1CCc2ccccc21. The summed E-state index contributed by atoms with van der Waals surface area (Å²) in [5, 5.41) is 2.58. The normalized spacial score (nSPS) is 15.1. The van der Waals surface area contributed by atoms with Crippen LogP contribution in [0.3, 0.4) is 0 Å². The lowest BCUT2D eigenvalue weighted by Crippen LogP contribution is -2.41. The zero-order valence-corrected chi connectivity index (χ0v) is 13.1. The van der Waals surface area contributed by atoms with Crippen LogP contribution in [-0.2, 0) is 17.4 Å². The number of carbonyl (C=O) groups is 1. The van der Waals surface area contributed by atoms with Gasteiger partial charge in [-0.1, -0.05) is 24.3 Å². The van der Waals surface area contributed by atoms with Crippen LogP contribution < -0.4 is 10.2 Å². The summed E-state index contributed by atoms with van der Waals surface area (Å²) in [5.41, 5.74) is 1.55. The molecule has 1 aliphatic rings. The average Bonchev–Trinajstić information content (AvgIpc) is 2.97. The fourth-order valence-electron chi connectivity index (χ4n) is 2.93. The van der Waals surface area contributed by atoms with Crippen molar-refractivity contribution in [1.29, 1.82) is 0 Å². The molecule has 1 heterocycles. The van der Waals surface area contributed by atoms with Gasteiger partial charge in [-0.25, -0.2) is 0 Å². The van der Waals surface area contributed by atoms with Crippen LogP contribution in [0.4, 0.5) is 24.5 Å². The van der Waals surface area contributed by atoms with E-state index in [0.29, 0.717) is 0 Å². The monoisotopic (exact) mass is 334 g/mol. The van der Waals surface area contributed by atoms with Crippen molar-refractivity contribution in [2.75, 3.05) is 16.8 Å². The van der Waals surface area contributed by atoms with Crippen LogP contribution in [0.1, 0.15) is 18.1 Å². The molecular formula is C18H17F3N2O. The quantitative estimate of drug-likeness (QED) is 0.917. The highest BCUT2D eigenvalue weighted by Gasteiger charge is 2.31. The molecule has 0 fully saturated rings. The lowest BCUT2D eigenvalue weighted by atomic mass is 10.1. The molecule has 0 aliphatic carbocycles. The van der Waals surface area contributed by atoms with E-state index in [2.05, 4.69) is 5.32 Å². The van der Waals surface area contributed by atoms with Gasteiger partial charge in [-0.15, -0.1) is 0 Å². The highest BCUT2D eigenvalue weighted by atomic mass is 19.4. The van der Waals surface area contributed by atoms with E-state index in [-0.39, 0.29) is 11.6 Å². The highest BCUT2D eigenvalue weighted by molar-refractivity contribution is 5.97. The van der Waals surface area contributed by atoms with E-state index >= 15 is 0 Å². The molecule has 6 heteroatoms. The van der Waals surface area contributed by atoms with Gasteiger partial charge in [-0.05, 0) is 43.2 Å². The standard InChI is InChI=1S/C18H17F3N2O/c1-12(23-10-9-13-5-2-3-8-16(13)23)17(24)22-15-7-4-6-14(11-15)18(19,20)21/h2-8,11-12H,9-10H2,1H3,(H,22,24)/t12-/m0/s1. The number of nitrogens with one attached hydrogen (secondary N) is 1. The number of benzene rings is 2. The lowest BCUT2D eigenvalue weighted by molar-refractivity contribution is -0.137. The largest absolute Gasteiger partial charge is 0.416 e. The molecule has 0 saturated carbocycles. The summed E-state index contributed by atoms with van der Waals surface area (Å²) in [6, 6.07) is 12.0. The summed E-state index contributed by atoms with van der Waals surface area (Å²) in [5.74, 6) is -0.328. The summed E-state index contributed by atoms with van der Waals surface area (Å²) < 4.78 is 38.3. The van der Waals surface area contributed by atoms with Crippen molar-refractivity contribution < 1.29 is 18.0 Å². The molecule has 0 radical (unpaired) electrons. The molecule has 0 spiro atoms. The average molecular weight is 334 g/mol. The second-order valence-electron chi connectivity index (χ2n) is 5.82. The van der Waals surface area contributed by atoms with Crippen molar-refractivity contribution in [1.82, 2.24) is 0 Å². The van der Waals surface area contributed by atoms with Gasteiger partial charge < -0.3 is 10.2 Å². The van der Waals surface area contributed by atoms with Crippen LogP contribution in [0.15, 0.2) is 48.5 Å². The van der Waals surface area contributed by atoms with Gasteiger partial charge in [-0.2, -0.15) is 13.2 Å². The van der Waals surface area contributed by atoms with E-state index in [9.17, 15) is 18.0 Å². The minimum Gasteiger partial charge on any atom is -0.359 e. The predicted molar refractivity (Wildman–Crippen MR) is 87.0 cm³/mol. The Morgan fingerprint density at radius 3 is 2.67 bits per heavy atom. The van der Waals surface area contributed by atoms with Gasteiger partial charge in [0.2, 0.25) is 5.91 Å². The molecule has 2 aromatic rings. The number of carbonyl (C=O) groups excluding carboxylic acids is 1. The van der Waals surface area contributed by atoms with Gasteiger partial charge in [0, 0.05) is 17.9 Å². The number of halogens is 3. The minimum atomic E-state index is -4.43. The molecule has 1 atom stereocenters. The summed E-state index contributed by atoms with van der Waals surface area (Å²) in [6.07, 6.45) is -3.57. The van der Waals surface area contributed by atoms with Gasteiger partial charge in [0.05, 0.1) is 5.56 Å².